The summed E-state index contributed by atoms with van der Waals surface area (Å²) in [7, 11) is 0. The molecule has 2 aromatic rings. The molecule has 0 aliphatic carbocycles. The Labute approximate surface area is 132 Å². The molecule has 0 aliphatic heterocycles. The Bertz CT molecular complexity index is 571. The average molecular weight is 357 g/mol. The van der Waals surface area contributed by atoms with Crippen LogP contribution in [0.25, 0.3) is 0 Å². The van der Waals surface area contributed by atoms with Crippen LogP contribution in [-0.2, 0) is 12.8 Å². The van der Waals surface area contributed by atoms with Gasteiger partial charge in [-0.25, -0.2) is 4.39 Å². The Morgan fingerprint density at radius 1 is 1.10 bits per heavy atom. The monoisotopic (exact) mass is 355 g/mol. The molecule has 0 amide bonds. The van der Waals surface area contributed by atoms with Crippen LogP contribution in [0.5, 0.6) is 0 Å². The van der Waals surface area contributed by atoms with Crippen molar-refractivity contribution in [2.75, 3.05) is 6.54 Å². The second-order valence-electron chi connectivity index (χ2n) is 4.87. The van der Waals surface area contributed by atoms with Gasteiger partial charge in [0.1, 0.15) is 5.82 Å². The first-order chi connectivity index (χ1) is 9.58. The number of nitrogens with two attached hydrogens (primary N) is 1. The van der Waals surface area contributed by atoms with Crippen LogP contribution >= 0.6 is 27.5 Å². The molecular formula is C16H16BrClFN. The summed E-state index contributed by atoms with van der Waals surface area (Å²) in [4.78, 5) is 0. The molecule has 1 nitrogen and oxygen atoms in total. The Balaban J connectivity index is 2.07. The Hall–Kier alpha value is -0.900. The summed E-state index contributed by atoms with van der Waals surface area (Å²) in [5.41, 5.74) is 8.03. The lowest BCUT2D eigenvalue weighted by atomic mass is 9.92. The van der Waals surface area contributed by atoms with Crippen molar-refractivity contribution in [3.63, 3.8) is 0 Å². The zero-order valence-corrected chi connectivity index (χ0v) is 13.3. The van der Waals surface area contributed by atoms with Crippen molar-refractivity contribution < 1.29 is 4.39 Å². The van der Waals surface area contributed by atoms with Gasteiger partial charge in [-0.1, -0.05) is 45.7 Å². The van der Waals surface area contributed by atoms with E-state index >= 15 is 0 Å². The lowest BCUT2D eigenvalue weighted by Crippen LogP contribution is -2.19. The highest BCUT2D eigenvalue weighted by Crippen LogP contribution is 2.22. The van der Waals surface area contributed by atoms with Crippen molar-refractivity contribution in [3.05, 3.63) is 68.9 Å². The molecule has 2 N–H and O–H groups in total. The number of rotatable bonds is 5. The van der Waals surface area contributed by atoms with Crippen molar-refractivity contribution in [2.24, 2.45) is 11.7 Å². The van der Waals surface area contributed by atoms with E-state index in [1.807, 2.05) is 12.1 Å². The fourth-order valence-corrected chi connectivity index (χ4v) is 2.70. The summed E-state index contributed by atoms with van der Waals surface area (Å²) in [6.07, 6.45) is 1.64. The van der Waals surface area contributed by atoms with Gasteiger partial charge in [0.05, 0.1) is 0 Å². The number of hydrogen-bond donors (Lipinski definition) is 1. The van der Waals surface area contributed by atoms with Gasteiger partial charge in [-0.2, -0.15) is 0 Å². The van der Waals surface area contributed by atoms with Gasteiger partial charge in [-0.05, 0) is 60.7 Å². The summed E-state index contributed by atoms with van der Waals surface area (Å²) in [6, 6.07) is 12.7. The summed E-state index contributed by atoms with van der Waals surface area (Å²) in [5, 5.41) is 0.472. The molecule has 0 spiro atoms. The predicted octanol–water partition coefficient (Wildman–Crippen LogP) is 4.60. The summed E-state index contributed by atoms with van der Waals surface area (Å²) >= 11 is 9.49. The van der Waals surface area contributed by atoms with Gasteiger partial charge in [0.25, 0.3) is 0 Å². The lowest BCUT2D eigenvalue weighted by Gasteiger charge is -2.16. The summed E-state index contributed by atoms with van der Waals surface area (Å²) in [6.45, 7) is 0.573. The molecule has 0 saturated heterocycles. The maximum Gasteiger partial charge on any atom is 0.124 e. The van der Waals surface area contributed by atoms with Gasteiger partial charge in [0.2, 0.25) is 0 Å². The van der Waals surface area contributed by atoms with Crippen LogP contribution in [-0.4, -0.2) is 6.54 Å². The molecule has 4 heteroatoms. The standard InChI is InChI=1S/C16H16BrClFN/c17-14-4-1-11(2-5-14)7-12(10-20)8-13-3-6-15(19)9-16(13)18/h1-6,9,12H,7-8,10,20H2. The zero-order chi connectivity index (χ0) is 14.5. The van der Waals surface area contributed by atoms with Gasteiger partial charge >= 0.3 is 0 Å². The minimum atomic E-state index is -0.309. The molecule has 0 saturated carbocycles. The molecule has 0 bridgehead atoms. The highest BCUT2D eigenvalue weighted by molar-refractivity contribution is 9.10. The molecular weight excluding hydrogens is 341 g/mol. The SMILES string of the molecule is NCC(Cc1ccc(Br)cc1)Cc1ccc(F)cc1Cl. The van der Waals surface area contributed by atoms with E-state index in [1.165, 1.54) is 17.7 Å². The zero-order valence-electron chi connectivity index (χ0n) is 11.0. The molecule has 0 aromatic heterocycles. The van der Waals surface area contributed by atoms with Crippen molar-refractivity contribution >= 4 is 27.5 Å². The van der Waals surface area contributed by atoms with Gasteiger partial charge < -0.3 is 5.73 Å². The van der Waals surface area contributed by atoms with E-state index < -0.39 is 0 Å². The van der Waals surface area contributed by atoms with E-state index in [-0.39, 0.29) is 5.82 Å². The van der Waals surface area contributed by atoms with Crippen LogP contribution in [0.15, 0.2) is 46.9 Å². The van der Waals surface area contributed by atoms with E-state index in [1.54, 1.807) is 6.07 Å². The molecule has 0 fully saturated rings. The molecule has 0 heterocycles. The molecule has 106 valence electrons. The fraction of sp³-hybridized carbons (Fsp3) is 0.250. The number of hydrogen-bond acceptors (Lipinski definition) is 1. The van der Waals surface area contributed by atoms with E-state index in [0.717, 1.165) is 22.9 Å². The third kappa shape index (κ3) is 4.30. The maximum atomic E-state index is 13.0. The highest BCUT2D eigenvalue weighted by atomic mass is 79.9. The molecule has 1 unspecified atom stereocenters. The highest BCUT2D eigenvalue weighted by Gasteiger charge is 2.12. The lowest BCUT2D eigenvalue weighted by molar-refractivity contribution is 0.532. The minimum Gasteiger partial charge on any atom is -0.330 e. The maximum absolute atomic E-state index is 13.0. The summed E-state index contributed by atoms with van der Waals surface area (Å²) < 4.78 is 14.1. The third-order valence-corrected chi connectivity index (χ3v) is 4.18. The van der Waals surface area contributed by atoms with Crippen LogP contribution in [0.3, 0.4) is 0 Å². The molecule has 2 aromatic carbocycles. The van der Waals surface area contributed by atoms with Gasteiger partial charge in [0.15, 0.2) is 0 Å². The summed E-state index contributed by atoms with van der Waals surface area (Å²) in [5.74, 6) is -0.0184. The van der Waals surface area contributed by atoms with Gasteiger partial charge in [0, 0.05) is 9.50 Å². The van der Waals surface area contributed by atoms with E-state index in [2.05, 4.69) is 28.1 Å². The third-order valence-electron chi connectivity index (χ3n) is 3.29. The Morgan fingerprint density at radius 2 is 1.80 bits per heavy atom. The normalized spacial score (nSPS) is 12.4. The molecule has 0 radical (unpaired) electrons. The van der Waals surface area contributed by atoms with Crippen molar-refractivity contribution in [3.8, 4) is 0 Å². The predicted molar refractivity (Wildman–Crippen MR) is 85.5 cm³/mol. The molecule has 20 heavy (non-hydrogen) atoms. The van der Waals surface area contributed by atoms with E-state index in [9.17, 15) is 4.39 Å². The molecule has 1 atom stereocenters. The van der Waals surface area contributed by atoms with Gasteiger partial charge in [-0.15, -0.1) is 0 Å². The smallest absolute Gasteiger partial charge is 0.124 e. The Morgan fingerprint density at radius 3 is 2.40 bits per heavy atom. The number of benzene rings is 2. The van der Waals surface area contributed by atoms with Crippen LogP contribution < -0.4 is 5.73 Å². The van der Waals surface area contributed by atoms with E-state index in [4.69, 9.17) is 17.3 Å². The van der Waals surface area contributed by atoms with Crippen LogP contribution in [0.2, 0.25) is 5.02 Å². The second kappa shape index (κ2) is 7.21. The largest absolute Gasteiger partial charge is 0.330 e. The van der Waals surface area contributed by atoms with Crippen molar-refractivity contribution in [1.29, 1.82) is 0 Å². The van der Waals surface area contributed by atoms with Crippen LogP contribution in [0.1, 0.15) is 11.1 Å². The first-order valence-corrected chi connectivity index (χ1v) is 7.64. The van der Waals surface area contributed by atoms with Crippen molar-refractivity contribution in [2.45, 2.75) is 12.8 Å². The topological polar surface area (TPSA) is 26.0 Å². The first kappa shape index (κ1) is 15.5. The first-order valence-electron chi connectivity index (χ1n) is 6.47. The van der Waals surface area contributed by atoms with Crippen LogP contribution in [0.4, 0.5) is 4.39 Å². The fourth-order valence-electron chi connectivity index (χ4n) is 2.19. The molecule has 2 rings (SSSR count). The van der Waals surface area contributed by atoms with E-state index in [0.29, 0.717) is 17.5 Å². The average Bonchev–Trinajstić information content (AvgIpc) is 2.43. The van der Waals surface area contributed by atoms with Gasteiger partial charge in [-0.3, -0.25) is 0 Å². The minimum absolute atomic E-state index is 0.291. The van der Waals surface area contributed by atoms with Crippen LogP contribution in [0, 0.1) is 11.7 Å². The quantitative estimate of drug-likeness (QED) is 0.832. The van der Waals surface area contributed by atoms with Crippen molar-refractivity contribution in [1.82, 2.24) is 0 Å². The second-order valence-corrected chi connectivity index (χ2v) is 6.20. The molecule has 0 aliphatic rings. The Kier molecular flexibility index (Phi) is 5.58. The number of halogens is 3.